The molecule has 8 heavy (non-hydrogen) atoms. The predicted octanol–water partition coefficient (Wildman–Crippen LogP) is 1.72. The molecule has 1 saturated carbocycles. The van der Waals surface area contributed by atoms with Crippen LogP contribution in [0.4, 0.5) is 0 Å². The van der Waals surface area contributed by atoms with Crippen LogP contribution in [0.1, 0.15) is 32.1 Å². The van der Waals surface area contributed by atoms with Gasteiger partial charge in [0.15, 0.2) is 0 Å². The molecule has 0 N–H and O–H groups in total. The number of hydrogen-bond donors (Lipinski definition) is 0. The Morgan fingerprint density at radius 2 is 1.88 bits per heavy atom. The van der Waals surface area contributed by atoms with Gasteiger partial charge in [-0.3, -0.25) is 0 Å². The maximum atomic E-state index is 5.58. The first-order chi connectivity index (χ1) is 3.91. The molecule has 0 amide bonds. The summed E-state index contributed by atoms with van der Waals surface area (Å²) in [6, 6.07) is 0. The minimum absolute atomic E-state index is 0.429. The van der Waals surface area contributed by atoms with Crippen molar-refractivity contribution in [3.8, 4) is 0 Å². The fourth-order valence-electron chi connectivity index (χ4n) is 1.44. The summed E-state index contributed by atoms with van der Waals surface area (Å²) in [6.07, 6.45) is 6.72. The Bertz CT molecular complexity index is 86.6. The van der Waals surface area contributed by atoms with Crippen LogP contribution in [-0.4, -0.2) is 12.2 Å². The molecule has 0 aromatic rings. The standard InChI is InChI=1S/C7H12O/c1-2-6-8-7(3-1)4-5-7/h1-6H2. The minimum Gasteiger partial charge on any atom is -0.375 e. The van der Waals surface area contributed by atoms with Crippen LogP contribution in [-0.2, 0) is 4.74 Å². The SMILES string of the molecule is C1CCC2(CC2)OC1. The zero-order valence-corrected chi connectivity index (χ0v) is 5.15. The van der Waals surface area contributed by atoms with E-state index in [-0.39, 0.29) is 0 Å². The topological polar surface area (TPSA) is 9.23 Å². The third-order valence-corrected chi connectivity index (χ3v) is 2.24. The summed E-state index contributed by atoms with van der Waals surface area (Å²) >= 11 is 0. The smallest absolute Gasteiger partial charge is 0.0684 e. The molecule has 1 aliphatic carbocycles. The van der Waals surface area contributed by atoms with Gasteiger partial charge in [-0.05, 0) is 32.1 Å². The summed E-state index contributed by atoms with van der Waals surface area (Å²) in [5.41, 5.74) is 0.429. The molecule has 1 nitrogen and oxygen atoms in total. The van der Waals surface area contributed by atoms with E-state index in [0.717, 1.165) is 6.61 Å². The van der Waals surface area contributed by atoms with E-state index in [4.69, 9.17) is 4.74 Å². The van der Waals surface area contributed by atoms with Crippen LogP contribution in [0.3, 0.4) is 0 Å². The Labute approximate surface area is 50.0 Å². The second kappa shape index (κ2) is 1.47. The molecule has 1 saturated heterocycles. The molecular weight excluding hydrogens is 100 g/mol. The van der Waals surface area contributed by atoms with Gasteiger partial charge in [-0.15, -0.1) is 0 Å². The van der Waals surface area contributed by atoms with Crippen LogP contribution >= 0.6 is 0 Å². The molecule has 2 aliphatic rings. The van der Waals surface area contributed by atoms with Crippen LogP contribution in [0.15, 0.2) is 0 Å². The van der Waals surface area contributed by atoms with Crippen molar-refractivity contribution in [1.82, 2.24) is 0 Å². The van der Waals surface area contributed by atoms with Crippen LogP contribution in [0.5, 0.6) is 0 Å². The zero-order chi connectivity index (χ0) is 5.45. The van der Waals surface area contributed by atoms with E-state index in [1.807, 2.05) is 0 Å². The van der Waals surface area contributed by atoms with Gasteiger partial charge in [-0.2, -0.15) is 0 Å². The molecule has 0 atom stereocenters. The largest absolute Gasteiger partial charge is 0.375 e. The molecular formula is C7H12O. The van der Waals surface area contributed by atoms with Gasteiger partial charge < -0.3 is 4.74 Å². The number of ether oxygens (including phenoxy) is 1. The summed E-state index contributed by atoms with van der Waals surface area (Å²) < 4.78 is 5.58. The summed E-state index contributed by atoms with van der Waals surface area (Å²) in [7, 11) is 0. The Balaban J connectivity index is 1.95. The lowest BCUT2D eigenvalue weighted by Gasteiger charge is -2.21. The molecule has 1 spiro atoms. The summed E-state index contributed by atoms with van der Waals surface area (Å²) in [4.78, 5) is 0. The van der Waals surface area contributed by atoms with Crippen LogP contribution in [0.25, 0.3) is 0 Å². The van der Waals surface area contributed by atoms with Crippen molar-refractivity contribution in [1.29, 1.82) is 0 Å². The molecule has 46 valence electrons. The summed E-state index contributed by atoms with van der Waals surface area (Å²) in [5.74, 6) is 0. The number of rotatable bonds is 0. The average molecular weight is 112 g/mol. The van der Waals surface area contributed by atoms with Gasteiger partial charge in [0.2, 0.25) is 0 Å². The van der Waals surface area contributed by atoms with E-state index in [2.05, 4.69) is 0 Å². The lowest BCUT2D eigenvalue weighted by Crippen LogP contribution is -2.19. The predicted molar refractivity (Wildman–Crippen MR) is 31.8 cm³/mol. The molecule has 0 aromatic carbocycles. The Morgan fingerprint density at radius 3 is 2.25 bits per heavy atom. The average Bonchev–Trinajstić information content (AvgIpc) is 2.52. The first-order valence-electron chi connectivity index (χ1n) is 3.55. The third kappa shape index (κ3) is 0.655. The normalized spacial score (nSPS) is 33.0. The fraction of sp³-hybridized carbons (Fsp3) is 1.00. The third-order valence-electron chi connectivity index (χ3n) is 2.24. The van der Waals surface area contributed by atoms with Gasteiger partial charge in [-0.25, -0.2) is 0 Å². The summed E-state index contributed by atoms with van der Waals surface area (Å²) in [6.45, 7) is 1.03. The van der Waals surface area contributed by atoms with Gasteiger partial charge in [-0.1, -0.05) is 0 Å². The molecule has 0 unspecified atom stereocenters. The quantitative estimate of drug-likeness (QED) is 0.463. The molecule has 0 bridgehead atoms. The van der Waals surface area contributed by atoms with E-state index in [0.29, 0.717) is 5.60 Å². The lowest BCUT2D eigenvalue weighted by molar-refractivity contribution is -0.00394. The monoisotopic (exact) mass is 112 g/mol. The first kappa shape index (κ1) is 4.80. The fourth-order valence-corrected chi connectivity index (χ4v) is 1.44. The second-order valence-electron chi connectivity index (χ2n) is 2.99. The van der Waals surface area contributed by atoms with Gasteiger partial charge in [0.05, 0.1) is 5.60 Å². The summed E-state index contributed by atoms with van der Waals surface area (Å²) in [5, 5.41) is 0. The van der Waals surface area contributed by atoms with E-state index in [1.165, 1.54) is 32.1 Å². The lowest BCUT2D eigenvalue weighted by atomic mass is 10.1. The Morgan fingerprint density at radius 1 is 1.00 bits per heavy atom. The van der Waals surface area contributed by atoms with Gasteiger partial charge in [0, 0.05) is 6.61 Å². The zero-order valence-electron chi connectivity index (χ0n) is 5.15. The van der Waals surface area contributed by atoms with Crippen molar-refractivity contribution in [2.45, 2.75) is 37.7 Å². The van der Waals surface area contributed by atoms with Crippen LogP contribution in [0.2, 0.25) is 0 Å². The van der Waals surface area contributed by atoms with Crippen molar-refractivity contribution >= 4 is 0 Å². The Hall–Kier alpha value is -0.0400. The maximum absolute atomic E-state index is 5.58. The highest BCUT2D eigenvalue weighted by atomic mass is 16.5. The van der Waals surface area contributed by atoms with Crippen molar-refractivity contribution in [2.75, 3.05) is 6.61 Å². The number of hydrogen-bond acceptors (Lipinski definition) is 1. The highest BCUT2D eigenvalue weighted by Gasteiger charge is 2.44. The molecule has 1 heterocycles. The van der Waals surface area contributed by atoms with Crippen LogP contribution < -0.4 is 0 Å². The Kier molecular flexibility index (Phi) is 0.884. The molecule has 0 aromatic heterocycles. The van der Waals surface area contributed by atoms with Gasteiger partial charge >= 0.3 is 0 Å². The van der Waals surface area contributed by atoms with E-state index in [9.17, 15) is 0 Å². The minimum atomic E-state index is 0.429. The van der Waals surface area contributed by atoms with Crippen LogP contribution in [0, 0.1) is 0 Å². The highest BCUT2D eigenvalue weighted by Crippen LogP contribution is 2.45. The van der Waals surface area contributed by atoms with Crippen molar-refractivity contribution < 1.29 is 4.74 Å². The molecule has 1 aliphatic heterocycles. The van der Waals surface area contributed by atoms with Crippen molar-refractivity contribution in [2.24, 2.45) is 0 Å². The van der Waals surface area contributed by atoms with E-state index < -0.39 is 0 Å². The first-order valence-corrected chi connectivity index (χ1v) is 3.55. The molecule has 0 radical (unpaired) electrons. The maximum Gasteiger partial charge on any atom is 0.0684 e. The van der Waals surface area contributed by atoms with Crippen molar-refractivity contribution in [3.63, 3.8) is 0 Å². The molecule has 2 fully saturated rings. The van der Waals surface area contributed by atoms with E-state index >= 15 is 0 Å². The highest BCUT2D eigenvalue weighted by molar-refractivity contribution is 4.96. The second-order valence-corrected chi connectivity index (χ2v) is 2.99. The molecule has 1 heteroatoms. The van der Waals surface area contributed by atoms with Gasteiger partial charge in [0.25, 0.3) is 0 Å². The molecule has 2 rings (SSSR count). The van der Waals surface area contributed by atoms with Gasteiger partial charge in [0.1, 0.15) is 0 Å². The van der Waals surface area contributed by atoms with E-state index in [1.54, 1.807) is 0 Å². The van der Waals surface area contributed by atoms with Crippen molar-refractivity contribution in [3.05, 3.63) is 0 Å².